The smallest absolute Gasteiger partial charge is 0.164 e. The molecule has 5 aliphatic rings. The molecule has 0 saturated heterocycles. The number of anilines is 2. The molecule has 14 aromatic carbocycles. The van der Waals surface area contributed by atoms with Crippen LogP contribution in [0.3, 0.4) is 0 Å². The first-order valence-corrected chi connectivity index (χ1v) is 43.0. The Morgan fingerprint density at radius 1 is 0.398 bits per heavy atom. The average Bonchev–Trinajstić information content (AvgIpc) is 1.59. The first-order chi connectivity index (χ1) is 60.8. The largest absolute Gasteiger partial charge is 0.383 e. The number of hydrogen-bond donors (Lipinski definition) is 1. The fourth-order valence-corrected chi connectivity index (χ4v) is 18.6. The first kappa shape index (κ1) is 75.2. The van der Waals surface area contributed by atoms with E-state index < -0.39 is 0 Å². The SMILES string of the molecule is CC(/N=C(\N=C(/N)c1ccccc1)c1cccc(C2=CC(c3cccc(-c4ccc(-c5ccc(-c6ccc(N7c8ccccc8C8=C(c9nc(C%10=CC=CCC%10)nc(-c%10cc(-c%11ccccc%11)cc(-c%11ccccc%11)c%10)n9)C=CCC87)cc6)cc5)cc4)c3)=CCC2)c1)C1=c2c(n(-c3ccc(-c4ccc(-c5ccccc5)cc4)cc3)c3ccccc23)=CCC1. The van der Waals surface area contributed by atoms with Gasteiger partial charge in [0.15, 0.2) is 23.3 Å². The topological polar surface area (TPSA) is 97.6 Å². The van der Waals surface area contributed by atoms with Crippen LogP contribution in [0.2, 0.25) is 0 Å². The summed E-state index contributed by atoms with van der Waals surface area (Å²) in [7, 11) is 0. The highest BCUT2D eigenvalue weighted by atomic mass is 15.2. The van der Waals surface area contributed by atoms with E-state index in [2.05, 4.69) is 393 Å². The Labute approximate surface area is 718 Å². The van der Waals surface area contributed by atoms with Gasteiger partial charge in [0.05, 0.1) is 22.9 Å². The molecular formula is C115H88N8. The van der Waals surface area contributed by atoms with Crippen LogP contribution in [-0.4, -0.2) is 43.3 Å². The molecule has 2 aromatic heterocycles. The van der Waals surface area contributed by atoms with Gasteiger partial charge in [-0.25, -0.2) is 19.9 Å². The summed E-state index contributed by atoms with van der Waals surface area (Å²) in [6.07, 6.45) is 24.5. The minimum absolute atomic E-state index is 0.0298. The molecule has 4 aliphatic carbocycles. The van der Waals surface area contributed by atoms with Crippen molar-refractivity contribution in [3.63, 3.8) is 0 Å². The van der Waals surface area contributed by atoms with Crippen molar-refractivity contribution >= 4 is 73.5 Å². The Morgan fingerprint density at radius 3 is 1.53 bits per heavy atom. The maximum Gasteiger partial charge on any atom is 0.164 e. The van der Waals surface area contributed by atoms with Gasteiger partial charge in [-0.15, -0.1) is 0 Å². The molecule has 16 aromatic rings. The van der Waals surface area contributed by atoms with Crippen molar-refractivity contribution in [2.24, 2.45) is 15.7 Å². The second-order valence-electron chi connectivity index (χ2n) is 32.5. The standard InChI is InChI=1S/C115H88N8/c1-76(101-44-24-48-107-109(101)102-42-17-19-46-105(102)122(107)99-66-62-85(63-67-99)83-52-50-80(51-53-83)77-26-7-2-8-27-77)117-113(118-111(116)88-32-13-5-14-33-88)95-41-23-40-94(72-95)93-39-22-38-92(71-93)91-37-21-36-90(70-91)87-60-58-82(59-61-87)81-54-56-84(57-55-81)86-64-68-100(69-65-86)123-106-47-20-18-43-103(106)110-104(45-25-49-108(110)123)115-120-112(89-34-15-6-16-35-89)119-114(121-115)98-74-96(78-28-9-3-10-29-78)73-97(75-98)79-30-11-4-12-31-79/h2-15,17-21,23,25-34,36-38,40-43,45-48,50-76,108H,16,22,24,35,39,44,49H2,1H3,(H2,116,117,118). The van der Waals surface area contributed by atoms with Crippen LogP contribution in [0, 0.1) is 0 Å². The molecule has 21 rings (SSSR count). The van der Waals surface area contributed by atoms with Crippen LogP contribution in [-0.2, 0) is 0 Å². The van der Waals surface area contributed by atoms with E-state index in [1.54, 1.807) is 0 Å². The highest BCUT2D eigenvalue weighted by Crippen LogP contribution is 2.51. The lowest BCUT2D eigenvalue weighted by Crippen LogP contribution is -2.35. The number of nitrogens with two attached hydrogens (primary N) is 1. The highest BCUT2D eigenvalue weighted by molar-refractivity contribution is 6.12. The third kappa shape index (κ3) is 15.1. The van der Waals surface area contributed by atoms with Crippen molar-refractivity contribution in [3.05, 3.63) is 450 Å². The van der Waals surface area contributed by atoms with E-state index in [0.29, 0.717) is 29.1 Å². The van der Waals surface area contributed by atoms with Gasteiger partial charge in [-0.05, 0) is 235 Å². The maximum atomic E-state index is 6.98. The van der Waals surface area contributed by atoms with E-state index in [-0.39, 0.29) is 12.1 Å². The van der Waals surface area contributed by atoms with Crippen molar-refractivity contribution in [1.82, 2.24) is 19.5 Å². The molecule has 588 valence electrons. The zero-order chi connectivity index (χ0) is 82.1. The number of para-hydroxylation sites is 2. The van der Waals surface area contributed by atoms with Crippen molar-refractivity contribution in [2.45, 2.75) is 64.0 Å². The lowest BCUT2D eigenvalue weighted by atomic mass is 9.89. The molecular weight excluding hydrogens is 1490 g/mol. The Bertz CT molecular complexity index is 7090. The summed E-state index contributed by atoms with van der Waals surface area (Å²) in [4.78, 5) is 29.6. The van der Waals surface area contributed by atoms with Crippen LogP contribution in [0.1, 0.15) is 91.3 Å². The lowest BCUT2D eigenvalue weighted by Gasteiger charge is -2.30. The molecule has 2 N–H and O–H groups in total. The molecule has 2 unspecified atom stereocenters. The zero-order valence-electron chi connectivity index (χ0n) is 68.5. The molecule has 0 fully saturated rings. The molecule has 8 nitrogen and oxygen atoms in total. The van der Waals surface area contributed by atoms with Crippen molar-refractivity contribution in [2.75, 3.05) is 4.90 Å². The number of amidine groups is 2. The molecule has 0 saturated carbocycles. The van der Waals surface area contributed by atoms with Crippen LogP contribution in [0.25, 0.3) is 145 Å². The Kier molecular flexibility index (Phi) is 20.3. The minimum Gasteiger partial charge on any atom is -0.383 e. The van der Waals surface area contributed by atoms with Crippen LogP contribution in [0.4, 0.5) is 11.4 Å². The van der Waals surface area contributed by atoms with E-state index in [1.807, 2.05) is 30.3 Å². The van der Waals surface area contributed by atoms with Gasteiger partial charge in [-0.2, -0.15) is 0 Å². The van der Waals surface area contributed by atoms with Gasteiger partial charge in [0.1, 0.15) is 5.84 Å². The summed E-state index contributed by atoms with van der Waals surface area (Å²) < 4.78 is 2.43. The zero-order valence-corrected chi connectivity index (χ0v) is 68.5. The second-order valence-corrected chi connectivity index (χ2v) is 32.5. The van der Waals surface area contributed by atoms with E-state index in [1.165, 1.54) is 105 Å². The normalized spacial score (nSPS) is 15.2. The monoisotopic (exact) mass is 1580 g/mol. The molecule has 2 atom stereocenters. The molecule has 1 aliphatic heterocycles. The van der Waals surface area contributed by atoms with Crippen LogP contribution in [0.5, 0.6) is 0 Å². The number of nitrogens with zero attached hydrogens (tertiary/aromatic N) is 7. The summed E-state index contributed by atoms with van der Waals surface area (Å²) >= 11 is 0. The molecule has 0 radical (unpaired) electrons. The Hall–Kier alpha value is -15.3. The molecule has 3 heterocycles. The molecule has 0 amide bonds. The third-order valence-electron chi connectivity index (χ3n) is 24.9. The van der Waals surface area contributed by atoms with Gasteiger partial charge >= 0.3 is 0 Å². The molecule has 0 spiro atoms. The first-order valence-electron chi connectivity index (χ1n) is 43.0. The second kappa shape index (κ2) is 33.2. The predicted octanol–water partition coefficient (Wildman–Crippen LogP) is 26.5. The number of aliphatic imine (C=N–C) groups is 2. The van der Waals surface area contributed by atoms with E-state index in [4.69, 9.17) is 30.7 Å². The minimum atomic E-state index is -0.212. The number of benzene rings is 14. The van der Waals surface area contributed by atoms with Gasteiger partial charge < -0.3 is 15.2 Å². The van der Waals surface area contributed by atoms with Crippen molar-refractivity contribution < 1.29 is 0 Å². The quantitative estimate of drug-likeness (QED) is 0.0682. The highest BCUT2D eigenvalue weighted by Gasteiger charge is 2.38. The number of rotatable bonds is 18. The van der Waals surface area contributed by atoms with E-state index in [0.717, 1.165) is 123 Å². The van der Waals surface area contributed by atoms with E-state index in [9.17, 15) is 0 Å². The summed E-state index contributed by atoms with van der Waals surface area (Å²) in [5.41, 5.74) is 41.3. The van der Waals surface area contributed by atoms with Crippen molar-refractivity contribution in [3.8, 4) is 95.0 Å². The van der Waals surface area contributed by atoms with Crippen molar-refractivity contribution in [1.29, 1.82) is 0 Å². The summed E-state index contributed by atoms with van der Waals surface area (Å²) in [5.74, 6) is 3.09. The predicted molar refractivity (Wildman–Crippen MR) is 513 cm³/mol. The van der Waals surface area contributed by atoms with Gasteiger partial charge in [0.25, 0.3) is 0 Å². The van der Waals surface area contributed by atoms with Crippen LogP contribution >= 0.6 is 0 Å². The molecule has 8 heteroatoms. The van der Waals surface area contributed by atoms with Gasteiger partial charge in [-0.1, -0.05) is 340 Å². The van der Waals surface area contributed by atoms with Gasteiger partial charge in [-0.3, -0.25) is 4.99 Å². The molecule has 0 bridgehead atoms. The molecule has 123 heavy (non-hydrogen) atoms. The number of hydrogen-bond acceptors (Lipinski definition) is 5. The number of allylic oxidation sites excluding steroid dienone is 10. The third-order valence-corrected chi connectivity index (χ3v) is 24.9. The van der Waals surface area contributed by atoms with Gasteiger partial charge in [0, 0.05) is 55.5 Å². The van der Waals surface area contributed by atoms with Crippen LogP contribution in [0.15, 0.2) is 410 Å². The Morgan fingerprint density at radius 2 is 0.886 bits per heavy atom. The average molecular weight is 1580 g/mol. The van der Waals surface area contributed by atoms with Gasteiger partial charge in [0.2, 0.25) is 0 Å². The summed E-state index contributed by atoms with van der Waals surface area (Å²) in [6.45, 7) is 2.23. The fraction of sp³-hybridized carbons (Fsp3) is 0.0870. The van der Waals surface area contributed by atoms with Crippen LogP contribution < -0.4 is 21.2 Å². The summed E-state index contributed by atoms with van der Waals surface area (Å²) in [6, 6.07) is 129. The van der Waals surface area contributed by atoms with E-state index >= 15 is 0 Å². The Balaban J connectivity index is 0.522. The lowest BCUT2D eigenvalue weighted by molar-refractivity contribution is 0.829. The summed E-state index contributed by atoms with van der Waals surface area (Å²) in [5, 5.41) is 3.67. The maximum absolute atomic E-state index is 6.98. The number of fused-ring (bicyclic) bond motifs is 6. The fourth-order valence-electron chi connectivity index (χ4n) is 18.6. The number of aromatic nitrogens is 4.